The van der Waals surface area contributed by atoms with Crippen LogP contribution in [0.2, 0.25) is 0 Å². The summed E-state index contributed by atoms with van der Waals surface area (Å²) in [5.74, 6) is 0. The first kappa shape index (κ1) is 12.7. The van der Waals surface area contributed by atoms with Crippen molar-refractivity contribution in [1.29, 1.82) is 5.26 Å². The molecule has 3 heteroatoms. The topological polar surface area (TPSA) is 39.1 Å². The second-order valence-electron chi connectivity index (χ2n) is 5.72. The van der Waals surface area contributed by atoms with Crippen molar-refractivity contribution in [3.05, 3.63) is 35.4 Å². The van der Waals surface area contributed by atoms with E-state index < -0.39 is 0 Å². The van der Waals surface area contributed by atoms with Crippen LogP contribution in [0.4, 0.5) is 0 Å². The van der Waals surface area contributed by atoms with Gasteiger partial charge >= 0.3 is 0 Å². The number of benzene rings is 1. The summed E-state index contributed by atoms with van der Waals surface area (Å²) in [4.78, 5) is 2.57. The van der Waals surface area contributed by atoms with Crippen LogP contribution in [0.25, 0.3) is 0 Å². The van der Waals surface area contributed by atoms with Gasteiger partial charge in [-0.1, -0.05) is 18.2 Å². The maximum absolute atomic E-state index is 9.19. The molecule has 1 saturated carbocycles. The van der Waals surface area contributed by atoms with E-state index in [2.05, 4.69) is 22.4 Å². The standard InChI is InChI=1S/C16H21N3/c17-10-13-4-1-2-5-14(13)11-19(16-7-8-16)12-15-6-3-9-18-15/h1-2,4-5,15-16,18H,3,6-9,11-12H2. The fourth-order valence-electron chi connectivity index (χ4n) is 2.96. The second kappa shape index (κ2) is 5.73. The van der Waals surface area contributed by atoms with Gasteiger partial charge in [0.05, 0.1) is 11.6 Å². The molecule has 1 saturated heterocycles. The average molecular weight is 255 g/mol. The number of nitrogens with one attached hydrogen (secondary N) is 1. The summed E-state index contributed by atoms with van der Waals surface area (Å²) in [7, 11) is 0. The lowest BCUT2D eigenvalue weighted by molar-refractivity contribution is 0.231. The molecular formula is C16H21N3. The Kier molecular flexibility index (Phi) is 3.82. The van der Waals surface area contributed by atoms with Gasteiger partial charge in [-0.2, -0.15) is 5.26 Å². The molecule has 100 valence electrons. The van der Waals surface area contributed by atoms with E-state index in [0.29, 0.717) is 6.04 Å². The van der Waals surface area contributed by atoms with E-state index in [-0.39, 0.29) is 0 Å². The summed E-state index contributed by atoms with van der Waals surface area (Å²) < 4.78 is 0. The number of hydrogen-bond donors (Lipinski definition) is 1. The van der Waals surface area contributed by atoms with Gasteiger partial charge in [0.1, 0.15) is 0 Å². The minimum absolute atomic E-state index is 0.648. The monoisotopic (exact) mass is 255 g/mol. The van der Waals surface area contributed by atoms with Crippen LogP contribution in [0.15, 0.2) is 24.3 Å². The molecule has 1 heterocycles. The first-order valence-corrected chi connectivity index (χ1v) is 7.32. The van der Waals surface area contributed by atoms with Crippen LogP contribution >= 0.6 is 0 Å². The summed E-state index contributed by atoms with van der Waals surface area (Å²) in [6, 6.07) is 11.7. The molecule has 2 fully saturated rings. The maximum Gasteiger partial charge on any atom is 0.0995 e. The van der Waals surface area contributed by atoms with Crippen molar-refractivity contribution in [3.63, 3.8) is 0 Å². The Morgan fingerprint density at radius 1 is 1.26 bits per heavy atom. The Morgan fingerprint density at radius 3 is 2.79 bits per heavy atom. The van der Waals surface area contributed by atoms with Crippen LogP contribution in [0, 0.1) is 11.3 Å². The highest BCUT2D eigenvalue weighted by molar-refractivity contribution is 5.37. The molecule has 1 aromatic rings. The number of nitrogens with zero attached hydrogens (tertiary/aromatic N) is 2. The smallest absolute Gasteiger partial charge is 0.0995 e. The minimum atomic E-state index is 0.648. The highest BCUT2D eigenvalue weighted by atomic mass is 15.2. The van der Waals surface area contributed by atoms with Crippen LogP contribution < -0.4 is 5.32 Å². The lowest BCUT2D eigenvalue weighted by Crippen LogP contribution is -2.38. The molecule has 1 aliphatic carbocycles. The third-order valence-corrected chi connectivity index (χ3v) is 4.19. The van der Waals surface area contributed by atoms with Crippen molar-refractivity contribution in [2.45, 2.75) is 44.3 Å². The molecule has 0 spiro atoms. The molecule has 0 aromatic heterocycles. The van der Waals surface area contributed by atoms with Gasteiger partial charge in [0.2, 0.25) is 0 Å². The molecule has 1 aliphatic heterocycles. The van der Waals surface area contributed by atoms with Crippen molar-refractivity contribution < 1.29 is 0 Å². The van der Waals surface area contributed by atoms with Crippen LogP contribution in [0.5, 0.6) is 0 Å². The Morgan fingerprint density at radius 2 is 2.11 bits per heavy atom. The third-order valence-electron chi connectivity index (χ3n) is 4.19. The molecule has 2 aliphatic rings. The van der Waals surface area contributed by atoms with Crippen molar-refractivity contribution in [2.24, 2.45) is 0 Å². The molecule has 1 aromatic carbocycles. The van der Waals surface area contributed by atoms with Gasteiger partial charge < -0.3 is 5.32 Å². The number of nitriles is 1. The van der Waals surface area contributed by atoms with E-state index in [1.54, 1.807) is 0 Å². The van der Waals surface area contributed by atoms with E-state index in [4.69, 9.17) is 0 Å². The van der Waals surface area contributed by atoms with Crippen LogP contribution in [0.3, 0.4) is 0 Å². The SMILES string of the molecule is N#Cc1ccccc1CN(CC1CCCN1)C1CC1. The normalized spacial score (nSPS) is 22.6. The van der Waals surface area contributed by atoms with Crippen molar-refractivity contribution >= 4 is 0 Å². The molecule has 0 bridgehead atoms. The summed E-state index contributed by atoms with van der Waals surface area (Å²) in [5.41, 5.74) is 2.00. The molecule has 0 amide bonds. The average Bonchev–Trinajstić information content (AvgIpc) is 3.17. The van der Waals surface area contributed by atoms with Gasteiger partial charge in [-0.3, -0.25) is 4.90 Å². The molecule has 19 heavy (non-hydrogen) atoms. The zero-order valence-corrected chi connectivity index (χ0v) is 11.3. The van der Waals surface area contributed by atoms with Crippen molar-refractivity contribution in [1.82, 2.24) is 10.2 Å². The highest BCUT2D eigenvalue weighted by Gasteiger charge is 2.31. The molecule has 3 nitrogen and oxygen atoms in total. The van der Waals surface area contributed by atoms with Gasteiger partial charge in [-0.25, -0.2) is 0 Å². The fourth-order valence-corrected chi connectivity index (χ4v) is 2.96. The zero-order valence-electron chi connectivity index (χ0n) is 11.3. The molecular weight excluding hydrogens is 234 g/mol. The van der Waals surface area contributed by atoms with Crippen LogP contribution in [0.1, 0.15) is 36.8 Å². The van der Waals surface area contributed by atoms with Crippen LogP contribution in [-0.4, -0.2) is 30.1 Å². The number of rotatable bonds is 5. The maximum atomic E-state index is 9.19. The van der Waals surface area contributed by atoms with Gasteiger partial charge in [0.25, 0.3) is 0 Å². The Bertz CT molecular complexity index is 467. The lowest BCUT2D eigenvalue weighted by atomic mass is 10.1. The summed E-state index contributed by atoms with van der Waals surface area (Å²) in [6.07, 6.45) is 5.24. The summed E-state index contributed by atoms with van der Waals surface area (Å²) in [6.45, 7) is 3.22. The van der Waals surface area contributed by atoms with Gasteiger partial charge in [-0.15, -0.1) is 0 Å². The molecule has 3 rings (SSSR count). The number of hydrogen-bond acceptors (Lipinski definition) is 3. The molecule has 1 unspecified atom stereocenters. The predicted molar refractivity (Wildman–Crippen MR) is 75.6 cm³/mol. The lowest BCUT2D eigenvalue weighted by Gasteiger charge is -2.26. The van der Waals surface area contributed by atoms with E-state index in [9.17, 15) is 5.26 Å². The minimum Gasteiger partial charge on any atom is -0.313 e. The van der Waals surface area contributed by atoms with E-state index in [1.165, 1.54) is 31.2 Å². The Balaban J connectivity index is 1.68. The van der Waals surface area contributed by atoms with E-state index in [1.807, 2.05) is 18.2 Å². The largest absolute Gasteiger partial charge is 0.313 e. The van der Waals surface area contributed by atoms with E-state index in [0.717, 1.165) is 31.2 Å². The van der Waals surface area contributed by atoms with Gasteiger partial charge in [-0.05, 0) is 43.9 Å². The van der Waals surface area contributed by atoms with Crippen LogP contribution in [-0.2, 0) is 6.54 Å². The van der Waals surface area contributed by atoms with Crippen molar-refractivity contribution in [3.8, 4) is 6.07 Å². The van der Waals surface area contributed by atoms with Gasteiger partial charge in [0, 0.05) is 25.2 Å². The van der Waals surface area contributed by atoms with Gasteiger partial charge in [0.15, 0.2) is 0 Å². The van der Waals surface area contributed by atoms with E-state index >= 15 is 0 Å². The first-order valence-electron chi connectivity index (χ1n) is 7.32. The molecule has 1 atom stereocenters. The fraction of sp³-hybridized carbons (Fsp3) is 0.562. The predicted octanol–water partition coefficient (Wildman–Crippen LogP) is 2.27. The third kappa shape index (κ3) is 3.15. The Labute approximate surface area is 115 Å². The molecule has 1 N–H and O–H groups in total. The zero-order chi connectivity index (χ0) is 13.1. The highest BCUT2D eigenvalue weighted by Crippen LogP contribution is 2.29. The summed E-state index contributed by atoms with van der Waals surface area (Å²) in [5, 5.41) is 12.8. The molecule has 0 radical (unpaired) electrons. The Hall–Kier alpha value is -1.37. The quantitative estimate of drug-likeness (QED) is 0.877. The summed E-state index contributed by atoms with van der Waals surface area (Å²) >= 11 is 0. The first-order chi connectivity index (χ1) is 9.36. The van der Waals surface area contributed by atoms with Crippen molar-refractivity contribution in [2.75, 3.05) is 13.1 Å². The second-order valence-corrected chi connectivity index (χ2v) is 5.72.